The average Bonchev–Trinajstić information content (AvgIpc) is 2.38. The Morgan fingerprint density at radius 2 is 1.44 bits per heavy atom. The third kappa shape index (κ3) is 2.98. The predicted octanol–water partition coefficient (Wildman–Crippen LogP) is 3.08. The Hall–Kier alpha value is -1.03. The molecule has 0 atom stereocenters. The molecule has 0 heterocycles. The van der Waals surface area contributed by atoms with Gasteiger partial charge in [-0.05, 0) is 0 Å². The summed E-state index contributed by atoms with van der Waals surface area (Å²) < 4.78 is 3.00. The van der Waals surface area contributed by atoms with Crippen molar-refractivity contribution in [3.8, 4) is 0 Å². The van der Waals surface area contributed by atoms with Crippen LogP contribution in [0.3, 0.4) is 0 Å². The van der Waals surface area contributed by atoms with E-state index >= 15 is 0 Å². The second-order valence-corrected chi connectivity index (χ2v) is 6.62. The van der Waals surface area contributed by atoms with E-state index in [0.717, 1.165) is 0 Å². The molecular formula is C15H14Te. The standard InChI is InChI=1S/C15H14Te/c1-2-15(13-9-5-3-6-10-13)16-14-11-7-4-8-12-14/h2-12H,1H3/b15-2+. The molecule has 0 bridgehead atoms. The minimum absolute atomic E-state index is 0.249. The Labute approximate surface area is 107 Å². The van der Waals surface area contributed by atoms with Gasteiger partial charge in [0.1, 0.15) is 0 Å². The first kappa shape index (κ1) is 11.5. The summed E-state index contributed by atoms with van der Waals surface area (Å²) in [6, 6.07) is 21.5. The second-order valence-electron chi connectivity index (χ2n) is 3.43. The van der Waals surface area contributed by atoms with Crippen molar-refractivity contribution in [1.29, 1.82) is 0 Å². The molecule has 0 aromatic heterocycles. The molecule has 0 aliphatic carbocycles. The summed E-state index contributed by atoms with van der Waals surface area (Å²) in [7, 11) is 0. The van der Waals surface area contributed by atoms with Gasteiger partial charge in [-0.2, -0.15) is 0 Å². The number of rotatable bonds is 3. The Morgan fingerprint density at radius 1 is 0.875 bits per heavy atom. The molecule has 0 N–H and O–H groups in total. The van der Waals surface area contributed by atoms with Crippen LogP contribution in [0.15, 0.2) is 66.7 Å². The number of hydrogen-bond donors (Lipinski definition) is 0. The topological polar surface area (TPSA) is 0 Å². The molecule has 0 saturated heterocycles. The van der Waals surface area contributed by atoms with Crippen molar-refractivity contribution in [1.82, 2.24) is 0 Å². The van der Waals surface area contributed by atoms with Gasteiger partial charge in [0.05, 0.1) is 0 Å². The Balaban J connectivity index is 2.20. The third-order valence-electron chi connectivity index (χ3n) is 2.29. The molecule has 16 heavy (non-hydrogen) atoms. The van der Waals surface area contributed by atoms with Crippen LogP contribution in [0.4, 0.5) is 0 Å². The van der Waals surface area contributed by atoms with E-state index in [4.69, 9.17) is 0 Å². The zero-order valence-electron chi connectivity index (χ0n) is 9.26. The Morgan fingerprint density at radius 3 is 2.00 bits per heavy atom. The van der Waals surface area contributed by atoms with Crippen LogP contribution in [-0.2, 0) is 0 Å². The Bertz CT molecular complexity index is 457. The molecule has 0 radical (unpaired) electrons. The molecule has 0 fully saturated rings. The molecule has 0 unspecified atom stereocenters. The quantitative estimate of drug-likeness (QED) is 0.762. The maximum absolute atomic E-state index is 2.25. The Kier molecular flexibility index (Phi) is 4.22. The van der Waals surface area contributed by atoms with Crippen molar-refractivity contribution < 1.29 is 0 Å². The van der Waals surface area contributed by atoms with Crippen molar-refractivity contribution in [2.45, 2.75) is 6.92 Å². The molecule has 0 saturated carbocycles. The van der Waals surface area contributed by atoms with Gasteiger partial charge in [0.15, 0.2) is 0 Å². The number of hydrogen-bond acceptors (Lipinski definition) is 0. The first-order valence-electron chi connectivity index (χ1n) is 5.35. The van der Waals surface area contributed by atoms with E-state index in [-0.39, 0.29) is 20.9 Å². The van der Waals surface area contributed by atoms with Gasteiger partial charge in [-0.3, -0.25) is 0 Å². The summed E-state index contributed by atoms with van der Waals surface area (Å²) in [6.45, 7) is 2.13. The monoisotopic (exact) mass is 324 g/mol. The van der Waals surface area contributed by atoms with Crippen LogP contribution in [0.1, 0.15) is 12.5 Å². The van der Waals surface area contributed by atoms with Gasteiger partial charge in [-0.15, -0.1) is 0 Å². The van der Waals surface area contributed by atoms with Crippen molar-refractivity contribution in [2.24, 2.45) is 0 Å². The number of benzene rings is 2. The van der Waals surface area contributed by atoms with Crippen molar-refractivity contribution in [3.05, 3.63) is 72.3 Å². The van der Waals surface area contributed by atoms with E-state index in [1.165, 1.54) is 12.8 Å². The molecule has 2 aromatic carbocycles. The molecule has 0 aliphatic rings. The summed E-state index contributed by atoms with van der Waals surface area (Å²) in [5.74, 6) is 0. The fourth-order valence-corrected chi connectivity index (χ4v) is 4.13. The molecule has 0 aliphatic heterocycles. The fraction of sp³-hybridized carbons (Fsp3) is 0.0667. The van der Waals surface area contributed by atoms with E-state index in [9.17, 15) is 0 Å². The van der Waals surface area contributed by atoms with Crippen LogP contribution >= 0.6 is 0 Å². The molecule has 2 aromatic rings. The van der Waals surface area contributed by atoms with Crippen LogP contribution < -0.4 is 3.61 Å². The normalized spacial score (nSPS) is 11.4. The van der Waals surface area contributed by atoms with Crippen molar-refractivity contribution in [2.75, 3.05) is 0 Å². The average molecular weight is 322 g/mol. The SMILES string of the molecule is C/C=C(/[Te]c1ccccc1)c1ccccc1. The van der Waals surface area contributed by atoms with Gasteiger partial charge in [-0.1, -0.05) is 0 Å². The minimum atomic E-state index is -0.249. The van der Waals surface area contributed by atoms with Crippen LogP contribution in [0.5, 0.6) is 0 Å². The second kappa shape index (κ2) is 5.89. The first-order chi connectivity index (χ1) is 7.90. The summed E-state index contributed by atoms with van der Waals surface area (Å²) in [5.41, 5.74) is 1.37. The van der Waals surface area contributed by atoms with E-state index in [1.807, 2.05) is 0 Å². The molecule has 0 spiro atoms. The molecule has 80 valence electrons. The summed E-state index contributed by atoms with van der Waals surface area (Å²) in [5, 5.41) is 0. The van der Waals surface area contributed by atoms with Crippen LogP contribution in [0.2, 0.25) is 0 Å². The van der Waals surface area contributed by atoms with Crippen LogP contribution in [0.25, 0.3) is 3.62 Å². The molecule has 1 heteroatoms. The van der Waals surface area contributed by atoms with E-state index in [2.05, 4.69) is 73.7 Å². The zero-order valence-corrected chi connectivity index (χ0v) is 11.6. The third-order valence-corrected chi connectivity index (χ3v) is 5.71. The summed E-state index contributed by atoms with van der Waals surface area (Å²) in [4.78, 5) is 0. The van der Waals surface area contributed by atoms with Crippen molar-refractivity contribution >= 4 is 28.2 Å². The van der Waals surface area contributed by atoms with E-state index < -0.39 is 0 Å². The molecule has 0 nitrogen and oxygen atoms in total. The van der Waals surface area contributed by atoms with E-state index in [0.29, 0.717) is 0 Å². The van der Waals surface area contributed by atoms with Gasteiger partial charge in [-0.25, -0.2) is 0 Å². The fourth-order valence-electron chi connectivity index (χ4n) is 1.50. The van der Waals surface area contributed by atoms with Gasteiger partial charge in [0.25, 0.3) is 0 Å². The summed E-state index contributed by atoms with van der Waals surface area (Å²) >= 11 is -0.249. The van der Waals surface area contributed by atoms with Crippen LogP contribution in [-0.4, -0.2) is 20.9 Å². The summed E-state index contributed by atoms with van der Waals surface area (Å²) in [6.07, 6.45) is 2.25. The number of allylic oxidation sites excluding steroid dienone is 1. The molecule has 0 amide bonds. The van der Waals surface area contributed by atoms with Crippen LogP contribution in [0, 0.1) is 0 Å². The first-order valence-corrected chi connectivity index (χ1v) is 7.68. The van der Waals surface area contributed by atoms with Gasteiger partial charge < -0.3 is 0 Å². The predicted molar refractivity (Wildman–Crippen MR) is 71.9 cm³/mol. The van der Waals surface area contributed by atoms with Crippen molar-refractivity contribution in [3.63, 3.8) is 0 Å². The zero-order chi connectivity index (χ0) is 11.2. The van der Waals surface area contributed by atoms with Gasteiger partial charge >= 0.3 is 107 Å². The van der Waals surface area contributed by atoms with E-state index in [1.54, 1.807) is 0 Å². The van der Waals surface area contributed by atoms with Gasteiger partial charge in [0, 0.05) is 0 Å². The maximum atomic E-state index is 2.25. The molecule has 2 rings (SSSR count). The van der Waals surface area contributed by atoms with Gasteiger partial charge in [0.2, 0.25) is 0 Å². The molecular weight excluding hydrogens is 308 g/mol.